The molecule has 0 aliphatic heterocycles. The number of benzene rings is 3. The molecule has 0 unspecified atom stereocenters. The Bertz CT molecular complexity index is 1220. The molecule has 5 nitrogen and oxygen atoms in total. The van der Waals surface area contributed by atoms with Crippen molar-refractivity contribution in [2.24, 2.45) is 0 Å². The number of aromatic nitrogens is 1. The van der Waals surface area contributed by atoms with Gasteiger partial charge in [0.25, 0.3) is 5.91 Å². The summed E-state index contributed by atoms with van der Waals surface area (Å²) in [5, 5.41) is 3.50. The van der Waals surface area contributed by atoms with E-state index in [1.807, 2.05) is 12.1 Å². The van der Waals surface area contributed by atoms with Gasteiger partial charge in [-0.3, -0.25) is 9.59 Å². The van der Waals surface area contributed by atoms with Crippen molar-refractivity contribution >= 4 is 33.4 Å². The lowest BCUT2D eigenvalue weighted by Crippen LogP contribution is -2.20. The summed E-state index contributed by atoms with van der Waals surface area (Å²) in [6, 6.07) is 18.1. The highest BCUT2D eigenvalue weighted by Crippen LogP contribution is 2.20. The molecule has 0 bridgehead atoms. The molecule has 6 heteroatoms. The Labute approximate surface area is 153 Å². The number of para-hydroxylation sites is 2. The molecule has 0 aliphatic rings. The van der Waals surface area contributed by atoms with Crippen LogP contribution >= 0.6 is 0 Å². The third-order valence-corrected chi connectivity index (χ3v) is 4.19. The standard InChI is InChI=1S/C21H15FN2O3/c22-16-6-2-4-8-19(16)24-20(25)12-27-13-9-10-18-15(11-13)21(26)14-5-1-3-7-17(14)23-18/h1-11H,12H2,(H,23,26)(H,24,25). The zero-order valence-electron chi connectivity index (χ0n) is 14.2. The molecule has 4 rings (SSSR count). The summed E-state index contributed by atoms with van der Waals surface area (Å²) >= 11 is 0. The van der Waals surface area contributed by atoms with Crippen LogP contribution in [0.25, 0.3) is 21.8 Å². The van der Waals surface area contributed by atoms with Gasteiger partial charge in [0, 0.05) is 16.3 Å². The van der Waals surface area contributed by atoms with Gasteiger partial charge in [0.1, 0.15) is 11.6 Å². The van der Waals surface area contributed by atoms with Gasteiger partial charge in [-0.15, -0.1) is 0 Å². The van der Waals surface area contributed by atoms with Gasteiger partial charge in [0.05, 0.1) is 11.2 Å². The van der Waals surface area contributed by atoms with Crippen LogP contribution < -0.4 is 15.5 Å². The number of aromatic amines is 1. The number of pyridine rings is 1. The lowest BCUT2D eigenvalue weighted by molar-refractivity contribution is -0.118. The first kappa shape index (κ1) is 16.8. The highest BCUT2D eigenvalue weighted by Gasteiger charge is 2.09. The van der Waals surface area contributed by atoms with E-state index in [-0.39, 0.29) is 17.7 Å². The molecule has 0 fully saturated rings. The molecule has 0 saturated heterocycles. The second-order valence-corrected chi connectivity index (χ2v) is 6.02. The number of halogens is 1. The highest BCUT2D eigenvalue weighted by molar-refractivity contribution is 5.93. The maximum Gasteiger partial charge on any atom is 0.262 e. The monoisotopic (exact) mass is 362 g/mol. The maximum absolute atomic E-state index is 13.6. The number of fused-ring (bicyclic) bond motifs is 2. The summed E-state index contributed by atoms with van der Waals surface area (Å²) in [6.07, 6.45) is 0. The molecule has 27 heavy (non-hydrogen) atoms. The first-order chi connectivity index (χ1) is 13.1. The van der Waals surface area contributed by atoms with Crippen LogP contribution in [0.15, 0.2) is 71.5 Å². The van der Waals surface area contributed by atoms with Crippen LogP contribution in [0.2, 0.25) is 0 Å². The Morgan fingerprint density at radius 3 is 2.56 bits per heavy atom. The number of H-pyrrole nitrogens is 1. The molecule has 1 heterocycles. The van der Waals surface area contributed by atoms with Crippen molar-refractivity contribution in [2.75, 3.05) is 11.9 Å². The number of anilines is 1. The van der Waals surface area contributed by atoms with Crippen LogP contribution in [0.1, 0.15) is 0 Å². The number of rotatable bonds is 4. The number of carbonyl (C=O) groups is 1. The number of nitrogens with one attached hydrogen (secondary N) is 2. The largest absolute Gasteiger partial charge is 0.484 e. The predicted molar refractivity (Wildman–Crippen MR) is 103 cm³/mol. The van der Waals surface area contributed by atoms with Gasteiger partial charge in [-0.2, -0.15) is 0 Å². The van der Waals surface area contributed by atoms with Crippen molar-refractivity contribution in [3.05, 3.63) is 82.8 Å². The fourth-order valence-electron chi connectivity index (χ4n) is 2.89. The normalized spacial score (nSPS) is 10.9. The maximum atomic E-state index is 13.6. The molecule has 0 spiro atoms. The minimum atomic E-state index is -0.519. The molecule has 0 saturated carbocycles. The van der Waals surface area contributed by atoms with E-state index in [0.29, 0.717) is 22.0 Å². The molecule has 2 N–H and O–H groups in total. The average Bonchev–Trinajstić information content (AvgIpc) is 2.69. The van der Waals surface area contributed by atoms with Crippen LogP contribution in [-0.2, 0) is 4.79 Å². The van der Waals surface area contributed by atoms with Gasteiger partial charge in [0.2, 0.25) is 0 Å². The molecule has 1 aromatic heterocycles. The first-order valence-corrected chi connectivity index (χ1v) is 8.34. The van der Waals surface area contributed by atoms with Gasteiger partial charge >= 0.3 is 0 Å². The van der Waals surface area contributed by atoms with Crippen LogP contribution in [0.3, 0.4) is 0 Å². The average molecular weight is 362 g/mol. The summed E-state index contributed by atoms with van der Waals surface area (Å²) < 4.78 is 19.0. The lowest BCUT2D eigenvalue weighted by atomic mass is 10.1. The van der Waals surface area contributed by atoms with E-state index in [1.54, 1.807) is 36.4 Å². The SMILES string of the molecule is O=C(COc1ccc2[nH]c3ccccc3c(=O)c2c1)Nc1ccccc1F. The van der Waals surface area contributed by atoms with Crippen molar-refractivity contribution in [3.63, 3.8) is 0 Å². The summed E-state index contributed by atoms with van der Waals surface area (Å²) in [4.78, 5) is 27.8. The molecule has 0 radical (unpaired) electrons. The van der Waals surface area contributed by atoms with E-state index in [4.69, 9.17) is 4.74 Å². The number of hydrogen-bond acceptors (Lipinski definition) is 3. The minimum absolute atomic E-state index is 0.0903. The number of carbonyl (C=O) groups excluding carboxylic acids is 1. The molecule has 0 atom stereocenters. The zero-order chi connectivity index (χ0) is 18.8. The van der Waals surface area contributed by atoms with Gasteiger partial charge in [-0.25, -0.2) is 4.39 Å². The Kier molecular flexibility index (Phi) is 4.30. The Hall–Kier alpha value is -3.67. The van der Waals surface area contributed by atoms with Crippen LogP contribution in [0.4, 0.5) is 10.1 Å². The predicted octanol–water partition coefficient (Wildman–Crippen LogP) is 3.84. The van der Waals surface area contributed by atoms with Crippen molar-refractivity contribution < 1.29 is 13.9 Å². The van der Waals surface area contributed by atoms with Crippen molar-refractivity contribution in [3.8, 4) is 5.75 Å². The van der Waals surface area contributed by atoms with Gasteiger partial charge in [-0.05, 0) is 42.5 Å². The molecular weight excluding hydrogens is 347 g/mol. The van der Waals surface area contributed by atoms with Crippen LogP contribution in [-0.4, -0.2) is 17.5 Å². The third-order valence-electron chi connectivity index (χ3n) is 4.19. The number of hydrogen-bond donors (Lipinski definition) is 2. The summed E-state index contributed by atoms with van der Waals surface area (Å²) in [7, 11) is 0. The zero-order valence-corrected chi connectivity index (χ0v) is 14.2. The van der Waals surface area contributed by atoms with E-state index in [1.165, 1.54) is 18.2 Å². The molecule has 1 amide bonds. The van der Waals surface area contributed by atoms with Crippen molar-refractivity contribution in [1.29, 1.82) is 0 Å². The Balaban J connectivity index is 1.55. The molecular formula is C21H15FN2O3. The third kappa shape index (κ3) is 3.37. The lowest BCUT2D eigenvalue weighted by Gasteiger charge is -2.09. The van der Waals surface area contributed by atoms with E-state index in [9.17, 15) is 14.0 Å². The number of ether oxygens (including phenoxy) is 1. The topological polar surface area (TPSA) is 71.2 Å². The Morgan fingerprint density at radius 2 is 1.70 bits per heavy atom. The van der Waals surface area contributed by atoms with E-state index < -0.39 is 11.7 Å². The second kappa shape index (κ2) is 6.92. The van der Waals surface area contributed by atoms with Crippen molar-refractivity contribution in [2.45, 2.75) is 0 Å². The van der Waals surface area contributed by atoms with E-state index in [2.05, 4.69) is 10.3 Å². The fraction of sp³-hybridized carbons (Fsp3) is 0.0476. The van der Waals surface area contributed by atoms with E-state index >= 15 is 0 Å². The first-order valence-electron chi connectivity index (χ1n) is 8.34. The second-order valence-electron chi connectivity index (χ2n) is 6.02. The summed E-state index contributed by atoms with van der Waals surface area (Å²) in [5.74, 6) is -0.630. The molecule has 134 valence electrons. The fourth-order valence-corrected chi connectivity index (χ4v) is 2.89. The highest BCUT2D eigenvalue weighted by atomic mass is 19.1. The van der Waals surface area contributed by atoms with Crippen molar-refractivity contribution in [1.82, 2.24) is 4.98 Å². The molecule has 0 aliphatic carbocycles. The van der Waals surface area contributed by atoms with Gasteiger partial charge in [0.15, 0.2) is 12.0 Å². The van der Waals surface area contributed by atoms with Crippen LogP contribution in [0.5, 0.6) is 5.75 Å². The Morgan fingerprint density at radius 1 is 0.963 bits per heavy atom. The minimum Gasteiger partial charge on any atom is -0.484 e. The molecule has 3 aromatic carbocycles. The number of amides is 1. The summed E-state index contributed by atoms with van der Waals surface area (Å²) in [6.45, 7) is -0.300. The smallest absolute Gasteiger partial charge is 0.262 e. The van der Waals surface area contributed by atoms with E-state index in [0.717, 1.165) is 5.52 Å². The van der Waals surface area contributed by atoms with Gasteiger partial charge in [-0.1, -0.05) is 24.3 Å². The van der Waals surface area contributed by atoms with Crippen LogP contribution in [0, 0.1) is 5.82 Å². The molecule has 4 aromatic rings. The van der Waals surface area contributed by atoms with Gasteiger partial charge < -0.3 is 15.0 Å². The quantitative estimate of drug-likeness (QED) is 0.542. The summed E-state index contributed by atoms with van der Waals surface area (Å²) in [5.41, 5.74) is 1.42.